The first-order chi connectivity index (χ1) is 15.9. The summed E-state index contributed by atoms with van der Waals surface area (Å²) in [6.07, 6.45) is 0.726. The molecule has 33 heavy (non-hydrogen) atoms. The van der Waals surface area contributed by atoms with Gasteiger partial charge in [-0.1, -0.05) is 23.9 Å². The smallest absolute Gasteiger partial charge is 0.272 e. The van der Waals surface area contributed by atoms with Gasteiger partial charge in [0, 0.05) is 36.5 Å². The SMILES string of the molecule is COc1cccc(-n2c(SCC(=O)Nc3cccc(NC(C)=O)c3)nc3c(c2=O)SCC3)c1. The fraction of sp³-hybridized carbons (Fsp3) is 0.217. The van der Waals surface area contributed by atoms with Gasteiger partial charge in [-0.15, -0.1) is 11.8 Å². The summed E-state index contributed by atoms with van der Waals surface area (Å²) in [7, 11) is 1.57. The molecule has 0 bridgehead atoms. The number of ether oxygens (including phenoxy) is 1. The van der Waals surface area contributed by atoms with Crippen molar-refractivity contribution in [2.75, 3.05) is 29.2 Å². The maximum absolute atomic E-state index is 13.3. The van der Waals surface area contributed by atoms with E-state index in [2.05, 4.69) is 10.6 Å². The van der Waals surface area contributed by atoms with Crippen LogP contribution in [0.15, 0.2) is 63.4 Å². The van der Waals surface area contributed by atoms with Crippen LogP contribution in [0.1, 0.15) is 12.6 Å². The Morgan fingerprint density at radius 2 is 1.91 bits per heavy atom. The summed E-state index contributed by atoms with van der Waals surface area (Å²) in [6.45, 7) is 1.42. The van der Waals surface area contributed by atoms with Gasteiger partial charge in [0.2, 0.25) is 11.8 Å². The highest BCUT2D eigenvalue weighted by Gasteiger charge is 2.23. The number of methoxy groups -OCH3 is 1. The summed E-state index contributed by atoms with van der Waals surface area (Å²) < 4.78 is 6.85. The lowest BCUT2D eigenvalue weighted by atomic mass is 10.2. The van der Waals surface area contributed by atoms with Gasteiger partial charge in [0.1, 0.15) is 5.75 Å². The van der Waals surface area contributed by atoms with E-state index in [-0.39, 0.29) is 23.1 Å². The molecule has 0 unspecified atom stereocenters. The third-order valence-corrected chi connectivity index (χ3v) is 6.82. The van der Waals surface area contributed by atoms with Gasteiger partial charge in [-0.25, -0.2) is 4.98 Å². The van der Waals surface area contributed by atoms with Crippen LogP contribution in [0.2, 0.25) is 0 Å². The Hall–Kier alpha value is -3.24. The van der Waals surface area contributed by atoms with Gasteiger partial charge in [0.05, 0.1) is 29.1 Å². The van der Waals surface area contributed by atoms with E-state index >= 15 is 0 Å². The van der Waals surface area contributed by atoms with Gasteiger partial charge in [-0.3, -0.25) is 19.0 Å². The van der Waals surface area contributed by atoms with E-state index in [0.29, 0.717) is 32.9 Å². The Bertz CT molecular complexity index is 1280. The second-order valence-electron chi connectivity index (χ2n) is 7.21. The topological polar surface area (TPSA) is 102 Å². The summed E-state index contributed by atoms with van der Waals surface area (Å²) in [5, 5.41) is 5.96. The number of fused-ring (bicyclic) bond motifs is 1. The fourth-order valence-corrected chi connectivity index (χ4v) is 5.22. The summed E-state index contributed by atoms with van der Waals surface area (Å²) in [5.74, 6) is 1.06. The molecule has 0 saturated heterocycles. The van der Waals surface area contributed by atoms with Crippen LogP contribution in [0.3, 0.4) is 0 Å². The van der Waals surface area contributed by atoms with Gasteiger partial charge in [0.15, 0.2) is 5.16 Å². The molecular formula is C23H22N4O4S2. The van der Waals surface area contributed by atoms with Crippen molar-refractivity contribution in [1.29, 1.82) is 0 Å². The summed E-state index contributed by atoms with van der Waals surface area (Å²) in [6, 6.07) is 14.1. The second kappa shape index (κ2) is 10.1. The summed E-state index contributed by atoms with van der Waals surface area (Å²) >= 11 is 2.71. The average molecular weight is 483 g/mol. The van der Waals surface area contributed by atoms with Crippen molar-refractivity contribution < 1.29 is 14.3 Å². The number of hydrogen-bond donors (Lipinski definition) is 2. The number of anilines is 2. The molecule has 3 aromatic rings. The van der Waals surface area contributed by atoms with Crippen molar-refractivity contribution >= 4 is 46.7 Å². The van der Waals surface area contributed by atoms with Gasteiger partial charge < -0.3 is 15.4 Å². The third kappa shape index (κ3) is 5.40. The number of aryl methyl sites for hydroxylation is 1. The Balaban J connectivity index is 1.57. The zero-order chi connectivity index (χ0) is 23.4. The highest BCUT2D eigenvalue weighted by atomic mass is 32.2. The van der Waals surface area contributed by atoms with E-state index < -0.39 is 0 Å². The maximum atomic E-state index is 13.3. The van der Waals surface area contributed by atoms with Crippen LogP contribution in [0.5, 0.6) is 5.75 Å². The molecule has 2 aromatic carbocycles. The summed E-state index contributed by atoms with van der Waals surface area (Å²) in [5.41, 5.74) is 2.43. The minimum Gasteiger partial charge on any atom is -0.497 e. The molecule has 8 nitrogen and oxygen atoms in total. The lowest BCUT2D eigenvalue weighted by Gasteiger charge is -2.14. The predicted octanol–water partition coefficient (Wildman–Crippen LogP) is 3.58. The first kappa shape index (κ1) is 22.9. The lowest BCUT2D eigenvalue weighted by molar-refractivity contribution is -0.114. The third-order valence-electron chi connectivity index (χ3n) is 4.78. The molecule has 0 fully saturated rings. The molecule has 2 amide bonds. The molecule has 0 radical (unpaired) electrons. The first-order valence-corrected chi connectivity index (χ1v) is 12.1. The van der Waals surface area contributed by atoms with Crippen LogP contribution in [-0.4, -0.2) is 40.0 Å². The van der Waals surface area contributed by atoms with E-state index in [1.807, 2.05) is 12.1 Å². The van der Waals surface area contributed by atoms with Crippen molar-refractivity contribution in [3.05, 3.63) is 64.6 Å². The minimum atomic E-state index is -0.249. The van der Waals surface area contributed by atoms with Crippen LogP contribution >= 0.6 is 23.5 Å². The number of nitrogens with one attached hydrogen (secondary N) is 2. The number of rotatable bonds is 7. The molecular weight excluding hydrogens is 460 g/mol. The van der Waals surface area contributed by atoms with Gasteiger partial charge >= 0.3 is 0 Å². The van der Waals surface area contributed by atoms with Crippen LogP contribution in [0.4, 0.5) is 11.4 Å². The van der Waals surface area contributed by atoms with E-state index in [4.69, 9.17) is 9.72 Å². The molecule has 0 spiro atoms. The molecule has 2 N–H and O–H groups in total. The van der Waals surface area contributed by atoms with Gasteiger partial charge in [-0.05, 0) is 30.3 Å². The number of benzene rings is 2. The van der Waals surface area contributed by atoms with Crippen LogP contribution in [0, 0.1) is 0 Å². The normalized spacial score (nSPS) is 12.2. The van der Waals surface area contributed by atoms with Crippen LogP contribution in [0.25, 0.3) is 5.69 Å². The Labute approximate surface area is 199 Å². The van der Waals surface area contributed by atoms with Crippen molar-refractivity contribution in [3.63, 3.8) is 0 Å². The molecule has 1 aliphatic heterocycles. The number of thioether (sulfide) groups is 2. The Morgan fingerprint density at radius 1 is 1.15 bits per heavy atom. The van der Waals surface area contributed by atoms with E-state index in [1.165, 1.54) is 35.0 Å². The first-order valence-electron chi connectivity index (χ1n) is 10.2. The van der Waals surface area contributed by atoms with E-state index in [0.717, 1.165) is 17.9 Å². The number of carbonyl (C=O) groups excluding carboxylic acids is 2. The molecule has 0 atom stereocenters. The Kier molecular flexibility index (Phi) is 7.05. The largest absolute Gasteiger partial charge is 0.497 e. The van der Waals surface area contributed by atoms with Crippen molar-refractivity contribution in [2.24, 2.45) is 0 Å². The molecule has 1 aromatic heterocycles. The molecule has 4 rings (SSSR count). The highest BCUT2D eigenvalue weighted by molar-refractivity contribution is 8.00. The fourth-order valence-electron chi connectivity index (χ4n) is 3.37. The standard InChI is InChI=1S/C23H22N4O4S2/c1-14(28)24-15-5-3-6-16(11-15)25-20(29)13-33-23-26-19-9-10-32-21(19)22(30)27(23)17-7-4-8-18(12-17)31-2/h3-8,11-12H,9-10,13H2,1-2H3,(H,24,28)(H,25,29). The monoisotopic (exact) mass is 482 g/mol. The molecule has 2 heterocycles. The molecule has 0 saturated carbocycles. The highest BCUT2D eigenvalue weighted by Crippen LogP contribution is 2.30. The van der Waals surface area contributed by atoms with E-state index in [9.17, 15) is 14.4 Å². The van der Waals surface area contributed by atoms with Crippen molar-refractivity contribution in [3.8, 4) is 11.4 Å². The van der Waals surface area contributed by atoms with Crippen molar-refractivity contribution in [1.82, 2.24) is 9.55 Å². The minimum absolute atomic E-state index is 0.0622. The van der Waals surface area contributed by atoms with Crippen LogP contribution in [-0.2, 0) is 16.0 Å². The quantitative estimate of drug-likeness (QED) is 0.392. The zero-order valence-electron chi connectivity index (χ0n) is 18.1. The summed E-state index contributed by atoms with van der Waals surface area (Å²) in [4.78, 5) is 42.5. The maximum Gasteiger partial charge on any atom is 0.272 e. The molecule has 1 aliphatic rings. The molecule has 10 heteroatoms. The number of aromatic nitrogens is 2. The van der Waals surface area contributed by atoms with Crippen molar-refractivity contribution in [2.45, 2.75) is 23.4 Å². The van der Waals surface area contributed by atoms with E-state index in [1.54, 1.807) is 43.5 Å². The predicted molar refractivity (Wildman–Crippen MR) is 131 cm³/mol. The zero-order valence-corrected chi connectivity index (χ0v) is 19.7. The lowest BCUT2D eigenvalue weighted by Crippen LogP contribution is -2.24. The Morgan fingerprint density at radius 3 is 2.67 bits per heavy atom. The van der Waals surface area contributed by atoms with Crippen LogP contribution < -0.4 is 20.9 Å². The number of amides is 2. The molecule has 170 valence electrons. The number of nitrogens with zero attached hydrogens (tertiary/aromatic N) is 2. The van der Waals surface area contributed by atoms with Gasteiger partial charge in [-0.2, -0.15) is 0 Å². The van der Waals surface area contributed by atoms with Gasteiger partial charge in [0.25, 0.3) is 5.56 Å². The number of carbonyl (C=O) groups is 2. The molecule has 0 aliphatic carbocycles. The average Bonchev–Trinajstić information content (AvgIpc) is 3.26. The number of hydrogen-bond acceptors (Lipinski definition) is 7. The second-order valence-corrected chi connectivity index (χ2v) is 9.26.